The largest absolute Gasteiger partial charge is 0.493 e. The Bertz CT molecular complexity index is 1190. The number of rotatable bonds is 2. The standard InChI is InChI=1S/C31H40N4O5/c36-27-9-7-24-12-15-39-28-16-21(20-4-2-1-3-5-20)6-8-25(28)30(37)34-22-17-26(31(38)33-18-29(27)40-24)35(19-22)23-10-13-32-14-11-23/h1-6,8,16,22-24,26-27,29,32,36H,7,9-15,17-19H2,(H,33,38)(H,34,37)/t22-,24-,26-,27-,29+/m0/s1. The van der Waals surface area contributed by atoms with E-state index in [1.807, 2.05) is 48.5 Å². The minimum atomic E-state index is -0.610. The molecular formula is C31H40N4O5. The number of nitrogens with zero attached hydrogens (tertiary/aromatic N) is 1. The summed E-state index contributed by atoms with van der Waals surface area (Å²) in [5.74, 6) is 0.299. The Morgan fingerprint density at radius 3 is 2.58 bits per heavy atom. The van der Waals surface area contributed by atoms with Crippen molar-refractivity contribution in [2.75, 3.05) is 32.8 Å². The fraction of sp³-hybridized carbons (Fsp3) is 0.548. The number of carbonyl (C=O) groups excluding carboxylic acids is 2. The molecule has 0 unspecified atom stereocenters. The number of fused-ring (bicyclic) bond motifs is 5. The summed E-state index contributed by atoms with van der Waals surface area (Å²) in [4.78, 5) is 29.4. The lowest BCUT2D eigenvalue weighted by Crippen LogP contribution is -2.53. The van der Waals surface area contributed by atoms with E-state index in [-0.39, 0.29) is 42.6 Å². The molecule has 2 aromatic carbocycles. The van der Waals surface area contributed by atoms with Crippen molar-refractivity contribution in [1.82, 2.24) is 20.9 Å². The molecule has 4 N–H and O–H groups in total. The van der Waals surface area contributed by atoms with Gasteiger partial charge in [0, 0.05) is 31.6 Å². The molecule has 0 aliphatic carbocycles. The van der Waals surface area contributed by atoms with Gasteiger partial charge in [-0.15, -0.1) is 0 Å². The van der Waals surface area contributed by atoms with Gasteiger partial charge in [0.1, 0.15) is 11.9 Å². The van der Waals surface area contributed by atoms with Crippen LogP contribution in [-0.2, 0) is 9.53 Å². The Balaban J connectivity index is 1.29. The van der Waals surface area contributed by atoms with E-state index in [9.17, 15) is 14.7 Å². The van der Waals surface area contributed by atoms with Crippen molar-refractivity contribution < 1.29 is 24.2 Å². The number of hydrogen-bond donors (Lipinski definition) is 4. The van der Waals surface area contributed by atoms with Crippen LogP contribution in [-0.4, -0.2) is 91.0 Å². The van der Waals surface area contributed by atoms with Crippen LogP contribution in [0.1, 0.15) is 48.9 Å². The molecular weight excluding hydrogens is 508 g/mol. The molecule has 2 aromatic rings. The van der Waals surface area contributed by atoms with Gasteiger partial charge < -0.3 is 30.5 Å². The van der Waals surface area contributed by atoms with Gasteiger partial charge in [0.05, 0.1) is 30.4 Å². The summed E-state index contributed by atoms with van der Waals surface area (Å²) >= 11 is 0. The number of aliphatic hydroxyl groups excluding tert-OH is 1. The van der Waals surface area contributed by atoms with Crippen LogP contribution in [0, 0.1) is 0 Å². The number of hydrogen-bond acceptors (Lipinski definition) is 7. The molecule has 0 radical (unpaired) electrons. The van der Waals surface area contributed by atoms with E-state index in [2.05, 4.69) is 20.9 Å². The molecule has 4 aliphatic heterocycles. The van der Waals surface area contributed by atoms with Crippen LogP contribution in [0.4, 0.5) is 0 Å². The van der Waals surface area contributed by atoms with Gasteiger partial charge in [0.15, 0.2) is 0 Å². The lowest BCUT2D eigenvalue weighted by molar-refractivity contribution is -0.134. The fourth-order valence-electron chi connectivity index (χ4n) is 6.63. The quantitative estimate of drug-likeness (QED) is 0.455. The Morgan fingerprint density at radius 2 is 1.75 bits per heavy atom. The summed E-state index contributed by atoms with van der Waals surface area (Å²) < 4.78 is 12.5. The van der Waals surface area contributed by atoms with Crippen molar-refractivity contribution >= 4 is 11.8 Å². The van der Waals surface area contributed by atoms with Gasteiger partial charge in [-0.1, -0.05) is 36.4 Å². The maximum Gasteiger partial charge on any atom is 0.255 e. The molecule has 4 aliphatic rings. The highest BCUT2D eigenvalue weighted by Gasteiger charge is 2.42. The number of aliphatic hydroxyl groups is 1. The molecule has 3 fully saturated rings. The molecule has 2 amide bonds. The topological polar surface area (TPSA) is 112 Å². The molecule has 214 valence electrons. The maximum atomic E-state index is 13.6. The van der Waals surface area contributed by atoms with Crippen molar-refractivity contribution in [3.8, 4) is 16.9 Å². The third-order valence-electron chi connectivity index (χ3n) is 8.84. The zero-order chi connectivity index (χ0) is 27.5. The number of nitrogens with one attached hydrogen (secondary N) is 3. The molecule has 40 heavy (non-hydrogen) atoms. The summed E-state index contributed by atoms with van der Waals surface area (Å²) in [6.45, 7) is 3.12. The van der Waals surface area contributed by atoms with E-state index >= 15 is 0 Å². The first-order valence-corrected chi connectivity index (χ1v) is 14.8. The van der Waals surface area contributed by atoms with Gasteiger partial charge >= 0.3 is 0 Å². The zero-order valence-electron chi connectivity index (χ0n) is 22.9. The highest BCUT2D eigenvalue weighted by Crippen LogP contribution is 2.30. The van der Waals surface area contributed by atoms with Crippen LogP contribution in [0.3, 0.4) is 0 Å². The molecule has 0 saturated carbocycles. The molecule has 3 saturated heterocycles. The van der Waals surface area contributed by atoms with E-state index in [1.165, 1.54) is 0 Å². The average molecular weight is 549 g/mol. The summed E-state index contributed by atoms with van der Waals surface area (Å²) in [7, 11) is 0. The molecule has 0 spiro atoms. The molecule has 5 atom stereocenters. The number of ether oxygens (including phenoxy) is 2. The summed E-state index contributed by atoms with van der Waals surface area (Å²) in [5.41, 5.74) is 2.52. The van der Waals surface area contributed by atoms with Gasteiger partial charge in [0.25, 0.3) is 5.91 Å². The second kappa shape index (κ2) is 12.3. The summed E-state index contributed by atoms with van der Waals surface area (Å²) in [6, 6.07) is 15.6. The van der Waals surface area contributed by atoms with E-state index in [1.54, 1.807) is 0 Å². The van der Waals surface area contributed by atoms with Crippen molar-refractivity contribution in [2.24, 2.45) is 0 Å². The van der Waals surface area contributed by atoms with Crippen LogP contribution >= 0.6 is 0 Å². The lowest BCUT2D eigenvalue weighted by atomic mass is 9.99. The summed E-state index contributed by atoms with van der Waals surface area (Å²) in [6.07, 6.45) is 3.30. The zero-order valence-corrected chi connectivity index (χ0v) is 22.9. The Morgan fingerprint density at radius 1 is 0.925 bits per heavy atom. The molecule has 9 heteroatoms. The highest BCUT2D eigenvalue weighted by molar-refractivity contribution is 5.98. The van der Waals surface area contributed by atoms with Crippen LogP contribution < -0.4 is 20.7 Å². The van der Waals surface area contributed by atoms with Crippen molar-refractivity contribution in [1.29, 1.82) is 0 Å². The smallest absolute Gasteiger partial charge is 0.255 e. The van der Waals surface area contributed by atoms with E-state index in [4.69, 9.17) is 9.47 Å². The van der Waals surface area contributed by atoms with E-state index in [0.29, 0.717) is 43.7 Å². The average Bonchev–Trinajstić information content (AvgIpc) is 3.41. The maximum absolute atomic E-state index is 13.6. The number of piperidine rings is 1. The molecule has 4 bridgehead atoms. The third kappa shape index (κ3) is 6.02. The minimum Gasteiger partial charge on any atom is -0.493 e. The van der Waals surface area contributed by atoms with Gasteiger partial charge in [-0.3, -0.25) is 14.5 Å². The molecule has 9 nitrogen and oxygen atoms in total. The fourth-order valence-corrected chi connectivity index (χ4v) is 6.63. The highest BCUT2D eigenvalue weighted by atomic mass is 16.5. The van der Waals surface area contributed by atoms with Crippen LogP contribution in [0.5, 0.6) is 5.75 Å². The third-order valence-corrected chi connectivity index (χ3v) is 8.84. The molecule has 0 aromatic heterocycles. The van der Waals surface area contributed by atoms with Crippen molar-refractivity contribution in [3.05, 3.63) is 54.1 Å². The van der Waals surface area contributed by atoms with Crippen LogP contribution in [0.15, 0.2) is 48.5 Å². The van der Waals surface area contributed by atoms with Crippen molar-refractivity contribution in [3.63, 3.8) is 0 Å². The first kappa shape index (κ1) is 27.2. The van der Waals surface area contributed by atoms with E-state index < -0.39 is 12.2 Å². The number of amides is 2. The number of carbonyl (C=O) groups is 2. The predicted molar refractivity (Wildman–Crippen MR) is 151 cm³/mol. The predicted octanol–water partition coefficient (Wildman–Crippen LogP) is 2.09. The van der Waals surface area contributed by atoms with Gasteiger partial charge in [-0.25, -0.2) is 0 Å². The van der Waals surface area contributed by atoms with Crippen LogP contribution in [0.2, 0.25) is 0 Å². The van der Waals surface area contributed by atoms with Crippen molar-refractivity contribution in [2.45, 2.75) is 75.0 Å². The number of benzene rings is 2. The Labute approximate surface area is 235 Å². The lowest BCUT2D eigenvalue weighted by Gasteiger charge is -2.36. The number of likely N-dealkylation sites (tertiary alicyclic amines) is 1. The van der Waals surface area contributed by atoms with Crippen LogP contribution in [0.25, 0.3) is 11.1 Å². The second-order valence-corrected chi connectivity index (χ2v) is 11.5. The second-order valence-electron chi connectivity index (χ2n) is 11.5. The van der Waals surface area contributed by atoms with Gasteiger partial charge in [-0.05, 0) is 68.5 Å². The van der Waals surface area contributed by atoms with E-state index in [0.717, 1.165) is 43.5 Å². The Hall–Kier alpha value is -2.98. The normalized spacial score (nSPS) is 30.6. The summed E-state index contributed by atoms with van der Waals surface area (Å²) in [5, 5.41) is 20.3. The van der Waals surface area contributed by atoms with Gasteiger partial charge in [0.2, 0.25) is 5.91 Å². The first-order valence-electron chi connectivity index (χ1n) is 14.8. The molecule has 6 rings (SSSR count). The first-order chi connectivity index (χ1) is 19.5. The van der Waals surface area contributed by atoms with Gasteiger partial charge in [-0.2, -0.15) is 0 Å². The monoisotopic (exact) mass is 548 g/mol. The Kier molecular flexibility index (Phi) is 8.34. The SMILES string of the molecule is O=C1N[C@H]2C[C@@H](C(=O)NC[C@H]3O[C@H](CCOc4cc(-c5ccccc5)ccc41)CC[C@@H]3O)N(C1CCNCC1)C2. The molecule has 4 heterocycles. The minimum absolute atomic E-state index is 0.0588.